The number of fused-ring (bicyclic) bond motifs is 1. The lowest BCUT2D eigenvalue weighted by atomic mass is 10.1. The Morgan fingerprint density at radius 1 is 1.10 bits per heavy atom. The molecule has 0 radical (unpaired) electrons. The van der Waals surface area contributed by atoms with Crippen LogP contribution in [0.2, 0.25) is 0 Å². The van der Waals surface area contributed by atoms with Crippen LogP contribution in [0, 0.1) is 0 Å². The zero-order valence-corrected chi connectivity index (χ0v) is 11.7. The SMILES string of the molecule is O=C(NCCCc1ccccc1)c1cccc2[nH]cnc12. The van der Waals surface area contributed by atoms with E-state index in [1.54, 1.807) is 12.4 Å². The Hall–Kier alpha value is -2.62. The number of rotatable bonds is 5. The number of para-hydroxylation sites is 1. The van der Waals surface area contributed by atoms with Crippen LogP contribution in [0.1, 0.15) is 22.3 Å². The highest BCUT2D eigenvalue weighted by molar-refractivity contribution is 6.04. The number of H-pyrrole nitrogens is 1. The summed E-state index contributed by atoms with van der Waals surface area (Å²) in [7, 11) is 0. The van der Waals surface area contributed by atoms with Gasteiger partial charge in [0.1, 0.15) is 5.52 Å². The number of aromatic amines is 1. The molecule has 0 spiro atoms. The molecule has 3 rings (SSSR count). The molecule has 0 fully saturated rings. The average molecular weight is 279 g/mol. The van der Waals surface area contributed by atoms with Gasteiger partial charge in [-0.2, -0.15) is 0 Å². The number of nitrogens with zero attached hydrogens (tertiary/aromatic N) is 1. The van der Waals surface area contributed by atoms with Crippen LogP contribution in [0.3, 0.4) is 0 Å². The Balaban J connectivity index is 1.56. The molecule has 0 aliphatic heterocycles. The number of aromatic nitrogens is 2. The van der Waals surface area contributed by atoms with Crippen LogP contribution in [0.25, 0.3) is 11.0 Å². The molecule has 0 atom stereocenters. The Kier molecular flexibility index (Phi) is 3.96. The first-order valence-corrected chi connectivity index (χ1v) is 7.09. The maximum Gasteiger partial charge on any atom is 0.253 e. The number of benzene rings is 2. The molecule has 1 amide bonds. The van der Waals surface area contributed by atoms with Gasteiger partial charge in [-0.25, -0.2) is 4.98 Å². The van der Waals surface area contributed by atoms with Crippen LogP contribution in [0.15, 0.2) is 54.9 Å². The van der Waals surface area contributed by atoms with Gasteiger partial charge in [0.25, 0.3) is 5.91 Å². The summed E-state index contributed by atoms with van der Waals surface area (Å²) < 4.78 is 0. The summed E-state index contributed by atoms with van der Waals surface area (Å²) in [6.45, 7) is 0.661. The lowest BCUT2D eigenvalue weighted by Crippen LogP contribution is -2.25. The van der Waals surface area contributed by atoms with Crippen molar-refractivity contribution in [2.45, 2.75) is 12.8 Å². The molecule has 0 aliphatic rings. The van der Waals surface area contributed by atoms with Gasteiger partial charge < -0.3 is 10.3 Å². The van der Waals surface area contributed by atoms with Crippen molar-refractivity contribution in [2.24, 2.45) is 0 Å². The summed E-state index contributed by atoms with van der Waals surface area (Å²) in [6.07, 6.45) is 3.50. The normalized spacial score (nSPS) is 10.7. The van der Waals surface area contributed by atoms with E-state index in [0.717, 1.165) is 23.9 Å². The summed E-state index contributed by atoms with van der Waals surface area (Å²) in [5.41, 5.74) is 3.51. The zero-order valence-electron chi connectivity index (χ0n) is 11.7. The molecule has 0 bridgehead atoms. The van der Waals surface area contributed by atoms with Crippen molar-refractivity contribution in [2.75, 3.05) is 6.54 Å². The van der Waals surface area contributed by atoms with Crippen LogP contribution in [0.5, 0.6) is 0 Å². The van der Waals surface area contributed by atoms with Gasteiger partial charge >= 0.3 is 0 Å². The minimum Gasteiger partial charge on any atom is -0.352 e. The number of carbonyl (C=O) groups is 1. The minimum absolute atomic E-state index is 0.0687. The molecule has 106 valence electrons. The summed E-state index contributed by atoms with van der Waals surface area (Å²) in [4.78, 5) is 19.4. The molecule has 2 N–H and O–H groups in total. The molecule has 1 aromatic heterocycles. The third-order valence-corrected chi connectivity index (χ3v) is 3.46. The molecule has 0 aliphatic carbocycles. The molecule has 4 heteroatoms. The van der Waals surface area contributed by atoms with Crippen molar-refractivity contribution in [3.63, 3.8) is 0 Å². The third-order valence-electron chi connectivity index (χ3n) is 3.46. The van der Waals surface area contributed by atoms with E-state index < -0.39 is 0 Å². The molecular weight excluding hydrogens is 262 g/mol. The molecule has 4 nitrogen and oxygen atoms in total. The summed E-state index contributed by atoms with van der Waals surface area (Å²) in [5, 5.41) is 2.96. The summed E-state index contributed by atoms with van der Waals surface area (Å²) in [5.74, 6) is -0.0687. The standard InChI is InChI=1S/C17H17N3O/c21-17(14-9-4-10-15-16(14)20-12-19-15)18-11-5-8-13-6-2-1-3-7-13/h1-4,6-7,9-10,12H,5,8,11H2,(H,18,21)(H,19,20). The lowest BCUT2D eigenvalue weighted by Gasteiger charge is -2.06. The van der Waals surface area contributed by atoms with E-state index in [0.29, 0.717) is 12.1 Å². The molecule has 0 unspecified atom stereocenters. The predicted molar refractivity (Wildman–Crippen MR) is 83.2 cm³/mol. The van der Waals surface area contributed by atoms with Crippen LogP contribution in [-0.2, 0) is 6.42 Å². The van der Waals surface area contributed by atoms with E-state index in [1.165, 1.54) is 5.56 Å². The maximum absolute atomic E-state index is 12.2. The van der Waals surface area contributed by atoms with Crippen LogP contribution < -0.4 is 5.32 Å². The third kappa shape index (κ3) is 3.11. The second kappa shape index (κ2) is 6.22. The van der Waals surface area contributed by atoms with Crippen molar-refractivity contribution in [3.05, 3.63) is 66.0 Å². The van der Waals surface area contributed by atoms with E-state index in [-0.39, 0.29) is 5.91 Å². The van der Waals surface area contributed by atoms with E-state index >= 15 is 0 Å². The first-order valence-electron chi connectivity index (χ1n) is 7.09. The van der Waals surface area contributed by atoms with E-state index in [9.17, 15) is 4.79 Å². The number of nitrogens with one attached hydrogen (secondary N) is 2. The van der Waals surface area contributed by atoms with Crippen molar-refractivity contribution in [1.29, 1.82) is 0 Å². The van der Waals surface area contributed by atoms with E-state index in [2.05, 4.69) is 27.4 Å². The van der Waals surface area contributed by atoms with E-state index in [4.69, 9.17) is 0 Å². The first-order chi connectivity index (χ1) is 10.3. The fourth-order valence-electron chi connectivity index (χ4n) is 2.38. The number of aryl methyl sites for hydroxylation is 1. The molecule has 1 heterocycles. The van der Waals surface area contributed by atoms with Crippen LogP contribution in [-0.4, -0.2) is 22.4 Å². The Morgan fingerprint density at radius 2 is 1.95 bits per heavy atom. The largest absolute Gasteiger partial charge is 0.352 e. The van der Waals surface area contributed by atoms with Gasteiger partial charge in [-0.3, -0.25) is 4.79 Å². The maximum atomic E-state index is 12.2. The van der Waals surface area contributed by atoms with Gasteiger partial charge in [0.2, 0.25) is 0 Å². The Morgan fingerprint density at radius 3 is 2.81 bits per heavy atom. The van der Waals surface area contributed by atoms with Gasteiger partial charge in [0.15, 0.2) is 0 Å². The predicted octanol–water partition coefficient (Wildman–Crippen LogP) is 2.93. The first kappa shape index (κ1) is 13.4. The molecule has 0 saturated heterocycles. The Labute approximate surface area is 123 Å². The van der Waals surface area contributed by atoms with Gasteiger partial charge in [0, 0.05) is 6.54 Å². The number of amides is 1. The van der Waals surface area contributed by atoms with Crippen molar-refractivity contribution >= 4 is 16.9 Å². The second-order valence-corrected chi connectivity index (χ2v) is 4.95. The second-order valence-electron chi connectivity index (χ2n) is 4.95. The van der Waals surface area contributed by atoms with Gasteiger partial charge in [-0.1, -0.05) is 36.4 Å². The highest BCUT2D eigenvalue weighted by atomic mass is 16.1. The van der Waals surface area contributed by atoms with Crippen molar-refractivity contribution in [1.82, 2.24) is 15.3 Å². The van der Waals surface area contributed by atoms with Gasteiger partial charge in [0.05, 0.1) is 17.4 Å². The number of hydrogen-bond acceptors (Lipinski definition) is 2. The molecule has 2 aromatic carbocycles. The highest BCUT2D eigenvalue weighted by Crippen LogP contribution is 2.14. The van der Waals surface area contributed by atoms with Crippen LogP contribution >= 0.6 is 0 Å². The fraction of sp³-hybridized carbons (Fsp3) is 0.176. The zero-order chi connectivity index (χ0) is 14.5. The van der Waals surface area contributed by atoms with Gasteiger partial charge in [-0.05, 0) is 30.5 Å². The summed E-state index contributed by atoms with van der Waals surface area (Å²) in [6, 6.07) is 15.9. The lowest BCUT2D eigenvalue weighted by molar-refractivity contribution is 0.0954. The average Bonchev–Trinajstić information content (AvgIpc) is 3.01. The fourth-order valence-corrected chi connectivity index (χ4v) is 2.38. The monoisotopic (exact) mass is 279 g/mol. The molecule has 21 heavy (non-hydrogen) atoms. The van der Waals surface area contributed by atoms with Crippen molar-refractivity contribution < 1.29 is 4.79 Å². The smallest absolute Gasteiger partial charge is 0.253 e. The Bertz CT molecular complexity index is 734. The molecular formula is C17H17N3O. The molecule has 3 aromatic rings. The topological polar surface area (TPSA) is 57.8 Å². The van der Waals surface area contributed by atoms with Gasteiger partial charge in [-0.15, -0.1) is 0 Å². The number of hydrogen-bond donors (Lipinski definition) is 2. The molecule has 0 saturated carbocycles. The number of carbonyl (C=O) groups excluding carboxylic acids is 1. The van der Waals surface area contributed by atoms with Crippen molar-refractivity contribution in [3.8, 4) is 0 Å². The van der Waals surface area contributed by atoms with E-state index in [1.807, 2.05) is 30.3 Å². The highest BCUT2D eigenvalue weighted by Gasteiger charge is 2.10. The quantitative estimate of drug-likeness (QED) is 0.705. The number of imidazole rings is 1. The minimum atomic E-state index is -0.0687. The summed E-state index contributed by atoms with van der Waals surface area (Å²) >= 11 is 0. The van der Waals surface area contributed by atoms with Crippen LogP contribution in [0.4, 0.5) is 0 Å².